The van der Waals surface area contributed by atoms with Gasteiger partial charge >= 0.3 is 5.56 Å². The van der Waals surface area contributed by atoms with Gasteiger partial charge in [-0.25, -0.2) is 9.97 Å². The summed E-state index contributed by atoms with van der Waals surface area (Å²) in [5, 5.41) is 2.20. The number of nitrogens with zero attached hydrogens (tertiary/aromatic N) is 2. The van der Waals surface area contributed by atoms with Crippen LogP contribution in [0.5, 0.6) is 0 Å². The Hall–Kier alpha value is -2.17. The molecule has 0 saturated heterocycles. The molecule has 5 nitrogen and oxygen atoms in total. The maximum Gasteiger partial charge on any atom is 0.308 e. The minimum Gasteiger partial charge on any atom is -0.356 e. The maximum absolute atomic E-state index is 11.2. The molecule has 14 heavy (non-hydrogen) atoms. The molecule has 2 aromatic heterocycles. The molecule has 0 radical (unpaired) electrons. The first-order valence-electron chi connectivity index (χ1n) is 4.08. The van der Waals surface area contributed by atoms with Crippen LogP contribution in [0.15, 0.2) is 33.6 Å². The van der Waals surface area contributed by atoms with Crippen LogP contribution in [0.25, 0.3) is 22.3 Å². The van der Waals surface area contributed by atoms with E-state index >= 15 is 0 Å². The van der Waals surface area contributed by atoms with E-state index in [9.17, 15) is 4.79 Å². The molecule has 5 heteroatoms. The summed E-state index contributed by atoms with van der Waals surface area (Å²) in [5.74, 6) is 0. The van der Waals surface area contributed by atoms with E-state index in [4.69, 9.17) is 4.52 Å². The lowest BCUT2D eigenvalue weighted by Gasteiger charge is -1.92. The number of aromatic amines is 1. The highest BCUT2D eigenvalue weighted by molar-refractivity contribution is 5.82. The number of nitrogens with one attached hydrogen (secondary N) is 1. The van der Waals surface area contributed by atoms with E-state index in [2.05, 4.69) is 15.1 Å². The number of para-hydroxylation sites is 2. The van der Waals surface area contributed by atoms with Crippen molar-refractivity contribution in [2.24, 2.45) is 0 Å². The number of fused-ring (bicyclic) bond motifs is 2. The topological polar surface area (TPSA) is 71.8 Å². The Morgan fingerprint density at radius 1 is 1.14 bits per heavy atom. The van der Waals surface area contributed by atoms with Crippen LogP contribution in [-0.2, 0) is 0 Å². The number of benzene rings is 1. The molecule has 2 heterocycles. The highest BCUT2D eigenvalue weighted by Gasteiger charge is 2.07. The number of hydrogen-bond acceptors (Lipinski definition) is 4. The quantitative estimate of drug-likeness (QED) is 0.571. The van der Waals surface area contributed by atoms with E-state index in [1.165, 1.54) is 0 Å². The van der Waals surface area contributed by atoms with Gasteiger partial charge < -0.3 is 4.52 Å². The van der Waals surface area contributed by atoms with E-state index in [-0.39, 0.29) is 16.8 Å². The normalized spacial score (nSPS) is 11.1. The predicted octanol–water partition coefficient (Wildman–Crippen LogP) is 1.06. The smallest absolute Gasteiger partial charge is 0.308 e. The lowest BCUT2D eigenvalue weighted by Crippen LogP contribution is -1.99. The Labute approximate surface area is 77.4 Å². The second-order valence-corrected chi connectivity index (χ2v) is 2.90. The summed E-state index contributed by atoms with van der Waals surface area (Å²) in [6.45, 7) is 0. The Balaban J connectivity index is 2.61. The number of rotatable bonds is 0. The molecular weight excluding hydrogens is 182 g/mol. The van der Waals surface area contributed by atoms with Gasteiger partial charge in [-0.15, -0.1) is 0 Å². The Morgan fingerprint density at radius 3 is 2.64 bits per heavy atom. The first kappa shape index (κ1) is 7.25. The van der Waals surface area contributed by atoms with Crippen molar-refractivity contribution in [3.05, 3.63) is 34.6 Å². The first-order valence-corrected chi connectivity index (χ1v) is 4.08. The van der Waals surface area contributed by atoms with Crippen molar-refractivity contribution in [2.45, 2.75) is 0 Å². The fourth-order valence-corrected chi connectivity index (χ4v) is 1.35. The van der Waals surface area contributed by atoms with Gasteiger partial charge in [-0.3, -0.25) is 4.79 Å². The molecule has 0 saturated carbocycles. The summed E-state index contributed by atoms with van der Waals surface area (Å²) >= 11 is 0. The monoisotopic (exact) mass is 187 g/mol. The van der Waals surface area contributed by atoms with Crippen molar-refractivity contribution in [3.8, 4) is 0 Å². The van der Waals surface area contributed by atoms with E-state index in [1.54, 1.807) is 6.07 Å². The third-order valence-corrected chi connectivity index (χ3v) is 1.99. The Bertz CT molecular complexity index is 668. The zero-order valence-corrected chi connectivity index (χ0v) is 7.02. The maximum atomic E-state index is 11.2. The second-order valence-electron chi connectivity index (χ2n) is 2.90. The molecule has 3 rings (SSSR count). The van der Waals surface area contributed by atoms with E-state index in [0.29, 0.717) is 11.0 Å². The first-order chi connectivity index (χ1) is 6.84. The third-order valence-electron chi connectivity index (χ3n) is 1.99. The van der Waals surface area contributed by atoms with Crippen LogP contribution in [0.2, 0.25) is 0 Å². The largest absolute Gasteiger partial charge is 0.356 e. The lowest BCUT2D eigenvalue weighted by molar-refractivity contribution is 0.442. The van der Waals surface area contributed by atoms with E-state index < -0.39 is 0 Å². The van der Waals surface area contributed by atoms with Gasteiger partial charge in [-0.2, -0.15) is 5.16 Å². The summed E-state index contributed by atoms with van der Waals surface area (Å²) in [5.41, 5.74) is 1.53. The molecule has 0 unspecified atom stereocenters. The molecule has 0 aliphatic heterocycles. The number of hydrogen-bond donors (Lipinski definition) is 1. The minimum atomic E-state index is -0.349. The van der Waals surface area contributed by atoms with Crippen LogP contribution >= 0.6 is 0 Å². The van der Waals surface area contributed by atoms with Crippen LogP contribution in [0.3, 0.4) is 0 Å². The molecule has 0 aliphatic carbocycles. The molecule has 0 bridgehead atoms. The number of aromatic nitrogens is 3. The molecular formula is C9H5N3O2. The van der Waals surface area contributed by atoms with E-state index in [0.717, 1.165) is 0 Å². The summed E-state index contributed by atoms with van der Waals surface area (Å²) in [6.07, 6.45) is 0. The van der Waals surface area contributed by atoms with Gasteiger partial charge in [0.1, 0.15) is 0 Å². The van der Waals surface area contributed by atoms with Crippen molar-refractivity contribution in [3.63, 3.8) is 0 Å². The molecule has 0 aliphatic rings. The second kappa shape index (κ2) is 2.41. The molecule has 1 N–H and O–H groups in total. The van der Waals surface area contributed by atoms with Crippen molar-refractivity contribution in [2.75, 3.05) is 0 Å². The van der Waals surface area contributed by atoms with Gasteiger partial charge in [-0.05, 0) is 12.1 Å². The zero-order valence-electron chi connectivity index (χ0n) is 7.02. The molecule has 68 valence electrons. The van der Waals surface area contributed by atoms with Crippen molar-refractivity contribution < 1.29 is 4.52 Å². The lowest BCUT2D eigenvalue weighted by atomic mass is 10.3. The van der Waals surface area contributed by atoms with Gasteiger partial charge in [0.25, 0.3) is 5.71 Å². The molecule has 3 aromatic rings. The fourth-order valence-electron chi connectivity index (χ4n) is 1.35. The fraction of sp³-hybridized carbons (Fsp3) is 0. The van der Waals surface area contributed by atoms with Crippen molar-refractivity contribution in [1.82, 2.24) is 15.1 Å². The van der Waals surface area contributed by atoms with Gasteiger partial charge in [0.15, 0.2) is 5.52 Å². The third kappa shape index (κ3) is 0.861. The highest BCUT2D eigenvalue weighted by atomic mass is 16.5. The molecule has 0 atom stereocenters. The molecule has 0 spiro atoms. The Kier molecular flexibility index (Phi) is 1.25. The number of H-pyrrole nitrogens is 1. The summed E-state index contributed by atoms with van der Waals surface area (Å²) in [4.78, 5) is 19.4. The summed E-state index contributed by atoms with van der Waals surface area (Å²) in [6, 6.07) is 7.31. The standard InChI is InChI=1S/C9H5N3O2/c13-8-7-9(14-12-8)11-6-4-2-1-3-5(6)10-7/h1-4H,(H,12,13). The zero-order chi connectivity index (χ0) is 9.54. The van der Waals surface area contributed by atoms with Crippen LogP contribution in [0, 0.1) is 0 Å². The summed E-state index contributed by atoms with van der Waals surface area (Å²) < 4.78 is 4.85. The van der Waals surface area contributed by atoms with Crippen LogP contribution in [-0.4, -0.2) is 15.1 Å². The molecule has 0 amide bonds. The van der Waals surface area contributed by atoms with Crippen LogP contribution < -0.4 is 5.56 Å². The SMILES string of the molecule is O=c1[nH]oc2nc3ccccc3nc12. The average molecular weight is 187 g/mol. The average Bonchev–Trinajstić information content (AvgIpc) is 2.57. The van der Waals surface area contributed by atoms with Gasteiger partial charge in [0.2, 0.25) is 0 Å². The molecule has 0 fully saturated rings. The van der Waals surface area contributed by atoms with Crippen LogP contribution in [0.1, 0.15) is 0 Å². The van der Waals surface area contributed by atoms with Crippen LogP contribution in [0.4, 0.5) is 0 Å². The van der Waals surface area contributed by atoms with E-state index in [1.807, 2.05) is 18.2 Å². The molecule has 1 aromatic carbocycles. The highest BCUT2D eigenvalue weighted by Crippen LogP contribution is 2.11. The Morgan fingerprint density at radius 2 is 1.86 bits per heavy atom. The van der Waals surface area contributed by atoms with Gasteiger partial charge in [-0.1, -0.05) is 12.1 Å². The van der Waals surface area contributed by atoms with Crippen molar-refractivity contribution in [1.29, 1.82) is 0 Å². The predicted molar refractivity (Wildman–Crippen MR) is 49.9 cm³/mol. The minimum absolute atomic E-state index is 0.240. The summed E-state index contributed by atoms with van der Waals surface area (Å²) in [7, 11) is 0. The van der Waals surface area contributed by atoms with Crippen molar-refractivity contribution >= 4 is 22.3 Å². The van der Waals surface area contributed by atoms with Gasteiger partial charge in [0, 0.05) is 0 Å². The van der Waals surface area contributed by atoms with Gasteiger partial charge in [0.05, 0.1) is 11.0 Å².